The number of ether oxygens (including phenoxy) is 2. The summed E-state index contributed by atoms with van der Waals surface area (Å²) in [5, 5.41) is 11.0. The van der Waals surface area contributed by atoms with Crippen LogP contribution in [0.3, 0.4) is 0 Å². The monoisotopic (exact) mass is 792 g/mol. The van der Waals surface area contributed by atoms with Gasteiger partial charge in [0.2, 0.25) is 17.6 Å². The van der Waals surface area contributed by atoms with Crippen molar-refractivity contribution in [2.75, 3.05) is 43.1 Å². The highest BCUT2D eigenvalue weighted by molar-refractivity contribution is 7.14. The molecular formula is C40H46F2N6O7S. The van der Waals surface area contributed by atoms with Gasteiger partial charge < -0.3 is 25.0 Å². The number of morpholine rings is 1. The number of amides is 5. The van der Waals surface area contributed by atoms with Crippen molar-refractivity contribution in [1.82, 2.24) is 20.5 Å². The van der Waals surface area contributed by atoms with Crippen molar-refractivity contribution in [1.29, 1.82) is 0 Å². The van der Waals surface area contributed by atoms with Crippen LogP contribution in [0.4, 0.5) is 19.6 Å². The lowest BCUT2D eigenvalue weighted by molar-refractivity contribution is -0.136. The number of nitrogens with zero attached hydrogens (tertiary/aromatic N) is 3. The standard InChI is InChI=1S/C40H46F2N6O7S/c1-39(2,20-43-22-5-8-25-27(15-22)37(53)48(36(25)52)30-11-12-31(49)46-35(30)51)13-14-40(3,4)21-44-32(50)18-55-34-26(9-10-28(41)33(34)42)29-19-56-38(45-29)47-23-6-7-24(47)17-54-16-23/h5,8-10,15,19,23-24,30,43H,6-7,11-14,16-18,20-21H2,1-4H3,(H,44,50)(H,46,49,51). The lowest BCUT2D eigenvalue weighted by Crippen LogP contribution is -2.54. The molecule has 3 atom stereocenters. The largest absolute Gasteiger partial charge is 0.480 e. The molecule has 5 amide bonds. The van der Waals surface area contributed by atoms with Gasteiger partial charge in [0.05, 0.1) is 42.1 Å². The summed E-state index contributed by atoms with van der Waals surface area (Å²) in [4.78, 5) is 71.1. The molecule has 0 aliphatic carbocycles. The van der Waals surface area contributed by atoms with Crippen LogP contribution >= 0.6 is 11.3 Å². The Kier molecular flexibility index (Phi) is 10.9. The van der Waals surface area contributed by atoms with E-state index >= 15 is 4.39 Å². The lowest BCUT2D eigenvalue weighted by atomic mass is 9.79. The molecule has 2 bridgehead atoms. The third-order valence-corrected chi connectivity index (χ3v) is 11.9. The first-order valence-corrected chi connectivity index (χ1v) is 19.8. The average Bonchev–Trinajstić information content (AvgIpc) is 3.81. The summed E-state index contributed by atoms with van der Waals surface area (Å²) in [6.45, 7) is 9.86. The number of carbonyl (C=O) groups excluding carboxylic acids is 5. The van der Waals surface area contributed by atoms with Crippen LogP contribution < -0.4 is 25.6 Å². The minimum absolute atomic E-state index is 0.0495. The van der Waals surface area contributed by atoms with Gasteiger partial charge in [0.25, 0.3) is 17.7 Å². The molecule has 1 aromatic heterocycles. The highest BCUT2D eigenvalue weighted by atomic mass is 32.1. The molecule has 2 aromatic carbocycles. The number of halogens is 2. The van der Waals surface area contributed by atoms with Crippen molar-refractivity contribution in [2.45, 2.75) is 84.3 Å². The lowest BCUT2D eigenvalue weighted by Gasteiger charge is -2.34. The molecule has 0 saturated carbocycles. The number of benzene rings is 2. The summed E-state index contributed by atoms with van der Waals surface area (Å²) >= 11 is 1.43. The van der Waals surface area contributed by atoms with Crippen LogP contribution in [0.1, 0.15) is 86.9 Å². The molecule has 4 aliphatic rings. The molecule has 5 heterocycles. The highest BCUT2D eigenvalue weighted by Crippen LogP contribution is 2.40. The first-order valence-electron chi connectivity index (χ1n) is 18.9. The minimum Gasteiger partial charge on any atom is -0.480 e. The van der Waals surface area contributed by atoms with Crippen molar-refractivity contribution in [3.8, 4) is 17.0 Å². The van der Waals surface area contributed by atoms with Gasteiger partial charge in [-0.25, -0.2) is 9.37 Å². The molecule has 0 spiro atoms. The number of anilines is 2. The van der Waals surface area contributed by atoms with Crippen LogP contribution in [0.2, 0.25) is 0 Å². The van der Waals surface area contributed by atoms with E-state index in [1.165, 1.54) is 17.4 Å². The van der Waals surface area contributed by atoms with Crippen molar-refractivity contribution >= 4 is 51.7 Å². The summed E-state index contributed by atoms with van der Waals surface area (Å²) in [5.74, 6) is -5.31. The van der Waals surface area contributed by atoms with Gasteiger partial charge in [0, 0.05) is 36.1 Å². The predicted molar refractivity (Wildman–Crippen MR) is 204 cm³/mol. The van der Waals surface area contributed by atoms with Gasteiger partial charge in [-0.05, 0) is 73.3 Å². The highest BCUT2D eigenvalue weighted by Gasteiger charge is 2.45. The molecule has 298 valence electrons. The molecule has 3 fully saturated rings. The maximum absolute atomic E-state index is 15.1. The smallest absolute Gasteiger partial charge is 0.262 e. The van der Waals surface area contributed by atoms with Crippen molar-refractivity contribution < 1.29 is 42.2 Å². The molecular weight excluding hydrogens is 747 g/mol. The fourth-order valence-corrected chi connectivity index (χ4v) is 8.59. The number of aromatic nitrogens is 1. The van der Waals surface area contributed by atoms with E-state index in [9.17, 15) is 28.4 Å². The van der Waals surface area contributed by atoms with E-state index in [0.29, 0.717) is 37.7 Å². The third-order valence-electron chi connectivity index (χ3n) is 11.1. The van der Waals surface area contributed by atoms with Gasteiger partial charge in [-0.15, -0.1) is 11.3 Å². The molecule has 3 N–H and O–H groups in total. The molecule has 56 heavy (non-hydrogen) atoms. The number of imide groups is 2. The second kappa shape index (κ2) is 15.5. The Morgan fingerprint density at radius 2 is 1.62 bits per heavy atom. The SMILES string of the molecule is CC(C)(CCC(C)(C)CNc1ccc2c(c1)C(=O)N(C1CCC(=O)NC1=O)C2=O)CNC(=O)COc1c(-c2csc(N3C4CCC3COC4)n2)ccc(F)c1F. The molecule has 3 unspecified atom stereocenters. The number of hydrogen-bond acceptors (Lipinski definition) is 11. The van der Waals surface area contributed by atoms with Gasteiger partial charge >= 0.3 is 0 Å². The summed E-state index contributed by atoms with van der Waals surface area (Å²) in [7, 11) is 0. The molecule has 16 heteroatoms. The first kappa shape index (κ1) is 39.3. The molecule has 7 rings (SSSR count). The van der Waals surface area contributed by atoms with Crippen LogP contribution in [0.5, 0.6) is 5.75 Å². The maximum Gasteiger partial charge on any atom is 0.262 e. The molecule has 13 nitrogen and oxygen atoms in total. The Labute approximate surface area is 327 Å². The van der Waals surface area contributed by atoms with Gasteiger partial charge in [-0.1, -0.05) is 27.7 Å². The van der Waals surface area contributed by atoms with Gasteiger partial charge in [-0.3, -0.25) is 34.2 Å². The fraction of sp³-hybridized carbons (Fsp3) is 0.500. The molecule has 3 aromatic rings. The molecule has 3 saturated heterocycles. The predicted octanol–water partition coefficient (Wildman–Crippen LogP) is 5.30. The Balaban J connectivity index is 0.895. The molecule has 0 radical (unpaired) electrons. The molecule has 4 aliphatic heterocycles. The van der Waals surface area contributed by atoms with E-state index in [0.717, 1.165) is 41.8 Å². The number of fused-ring (bicyclic) bond motifs is 3. The first-order chi connectivity index (χ1) is 26.6. The Morgan fingerprint density at radius 1 is 0.946 bits per heavy atom. The zero-order chi connectivity index (χ0) is 39.9. The number of thiazole rings is 1. The summed E-state index contributed by atoms with van der Waals surface area (Å²) in [5.41, 5.74) is 1.23. The normalized spacial score (nSPS) is 21.0. The zero-order valence-corrected chi connectivity index (χ0v) is 32.7. The Hall–Kier alpha value is -4.96. The second-order valence-corrected chi connectivity index (χ2v) is 17.4. The van der Waals surface area contributed by atoms with E-state index in [2.05, 4.69) is 34.7 Å². The fourth-order valence-electron chi connectivity index (χ4n) is 7.62. The second-order valence-electron chi connectivity index (χ2n) is 16.5. The third kappa shape index (κ3) is 8.12. The zero-order valence-electron chi connectivity index (χ0n) is 31.8. The quantitative estimate of drug-likeness (QED) is 0.183. The summed E-state index contributed by atoms with van der Waals surface area (Å²) < 4.78 is 40.8. The Morgan fingerprint density at radius 3 is 2.34 bits per heavy atom. The summed E-state index contributed by atoms with van der Waals surface area (Å²) in [6.07, 6.45) is 3.67. The van der Waals surface area contributed by atoms with E-state index < -0.39 is 53.8 Å². The number of rotatable bonds is 14. The summed E-state index contributed by atoms with van der Waals surface area (Å²) in [6, 6.07) is 6.80. The van der Waals surface area contributed by atoms with Crippen LogP contribution in [0.15, 0.2) is 35.7 Å². The average molecular weight is 793 g/mol. The number of carbonyl (C=O) groups is 5. The number of hydrogen-bond donors (Lipinski definition) is 3. The van der Waals surface area contributed by atoms with Crippen LogP contribution in [-0.2, 0) is 19.1 Å². The van der Waals surface area contributed by atoms with Crippen molar-refractivity contribution in [2.24, 2.45) is 10.8 Å². The van der Waals surface area contributed by atoms with Crippen molar-refractivity contribution in [3.05, 3.63) is 58.5 Å². The van der Waals surface area contributed by atoms with Crippen LogP contribution in [0.25, 0.3) is 11.3 Å². The van der Waals surface area contributed by atoms with Crippen molar-refractivity contribution in [3.63, 3.8) is 0 Å². The Bertz CT molecular complexity index is 2060. The van der Waals surface area contributed by atoms with Crippen LogP contribution in [0, 0.1) is 22.5 Å². The number of piperidine rings is 1. The van der Waals surface area contributed by atoms with E-state index in [1.807, 2.05) is 13.8 Å². The van der Waals surface area contributed by atoms with E-state index in [4.69, 9.17) is 14.5 Å². The maximum atomic E-state index is 15.1. The minimum atomic E-state index is -1.18. The van der Waals surface area contributed by atoms with E-state index in [1.54, 1.807) is 23.6 Å². The van der Waals surface area contributed by atoms with E-state index in [-0.39, 0.29) is 58.2 Å². The van der Waals surface area contributed by atoms with Gasteiger partial charge in [-0.2, -0.15) is 4.39 Å². The topological polar surface area (TPSA) is 159 Å². The van der Waals surface area contributed by atoms with Gasteiger partial charge in [0.1, 0.15) is 6.04 Å². The van der Waals surface area contributed by atoms with Crippen LogP contribution in [-0.4, -0.2) is 90.5 Å². The number of nitrogens with one attached hydrogen (secondary N) is 3. The van der Waals surface area contributed by atoms with Gasteiger partial charge in [0.15, 0.2) is 23.3 Å².